The number of amides is 1. The van der Waals surface area contributed by atoms with E-state index in [9.17, 15) is 18.0 Å². The van der Waals surface area contributed by atoms with Gasteiger partial charge in [-0.1, -0.05) is 24.3 Å². The van der Waals surface area contributed by atoms with E-state index in [0.717, 1.165) is 12.1 Å². The standard InChI is InChI=1S/C16H13F3N2O2/c1-23-14-9-5-2-6-11(14)10-20-21-15(22)12-7-3-4-8-13(12)16(17,18)19/h2-10H,1H3,(H,21,22)/b20-10+. The molecule has 7 heteroatoms. The van der Waals surface area contributed by atoms with Crippen LogP contribution in [0.15, 0.2) is 53.6 Å². The van der Waals surface area contributed by atoms with Crippen molar-refractivity contribution < 1.29 is 22.7 Å². The van der Waals surface area contributed by atoms with Crippen molar-refractivity contribution >= 4 is 12.1 Å². The number of halogens is 3. The molecule has 0 spiro atoms. The van der Waals surface area contributed by atoms with Gasteiger partial charge in [0, 0.05) is 5.56 Å². The first kappa shape index (κ1) is 16.5. The summed E-state index contributed by atoms with van der Waals surface area (Å²) in [5.74, 6) is -0.412. The number of nitrogens with one attached hydrogen (secondary N) is 1. The first-order valence-electron chi connectivity index (χ1n) is 6.56. The number of nitrogens with zero attached hydrogens (tertiary/aromatic N) is 1. The van der Waals surface area contributed by atoms with Crippen LogP contribution in [0, 0.1) is 0 Å². The second kappa shape index (κ2) is 6.95. The molecule has 0 unspecified atom stereocenters. The fraction of sp³-hybridized carbons (Fsp3) is 0.125. The van der Waals surface area contributed by atoms with Crippen molar-refractivity contribution in [3.63, 3.8) is 0 Å². The Labute approximate surface area is 130 Å². The third kappa shape index (κ3) is 4.09. The third-order valence-electron chi connectivity index (χ3n) is 2.99. The fourth-order valence-corrected chi connectivity index (χ4v) is 1.92. The van der Waals surface area contributed by atoms with Gasteiger partial charge >= 0.3 is 6.18 Å². The molecule has 4 nitrogen and oxygen atoms in total. The van der Waals surface area contributed by atoms with Crippen molar-refractivity contribution in [3.05, 3.63) is 65.2 Å². The number of rotatable bonds is 4. The van der Waals surface area contributed by atoms with E-state index in [1.165, 1.54) is 25.5 Å². The number of hydrogen-bond donors (Lipinski definition) is 1. The largest absolute Gasteiger partial charge is 0.496 e. The summed E-state index contributed by atoms with van der Waals surface area (Å²) in [4.78, 5) is 11.9. The minimum Gasteiger partial charge on any atom is -0.496 e. The minimum atomic E-state index is -4.61. The molecule has 120 valence electrons. The monoisotopic (exact) mass is 322 g/mol. The molecule has 0 aliphatic carbocycles. The zero-order valence-corrected chi connectivity index (χ0v) is 12.1. The molecule has 0 saturated carbocycles. The van der Waals surface area contributed by atoms with Crippen molar-refractivity contribution in [1.82, 2.24) is 5.43 Å². The molecule has 0 saturated heterocycles. The number of ether oxygens (including phenoxy) is 1. The Hall–Kier alpha value is -2.83. The lowest BCUT2D eigenvalue weighted by Gasteiger charge is -2.11. The molecule has 2 aromatic carbocycles. The van der Waals surface area contributed by atoms with Gasteiger partial charge in [0.05, 0.1) is 24.5 Å². The molecule has 2 aromatic rings. The number of hydrazone groups is 1. The smallest absolute Gasteiger partial charge is 0.417 e. The first-order chi connectivity index (χ1) is 10.9. The molecule has 2 rings (SSSR count). The summed E-state index contributed by atoms with van der Waals surface area (Å²) in [6.45, 7) is 0. The number of benzene rings is 2. The molecule has 0 fully saturated rings. The Morgan fingerprint density at radius 2 is 1.78 bits per heavy atom. The molecule has 0 radical (unpaired) electrons. The van der Waals surface area contributed by atoms with Gasteiger partial charge in [-0.3, -0.25) is 4.79 Å². The second-order valence-electron chi connectivity index (χ2n) is 4.48. The molecule has 1 N–H and O–H groups in total. The third-order valence-corrected chi connectivity index (χ3v) is 2.99. The Balaban J connectivity index is 2.16. The van der Waals surface area contributed by atoms with Crippen LogP contribution in [-0.2, 0) is 6.18 Å². The van der Waals surface area contributed by atoms with E-state index >= 15 is 0 Å². The summed E-state index contributed by atoms with van der Waals surface area (Å²) >= 11 is 0. The van der Waals surface area contributed by atoms with Gasteiger partial charge in [-0.05, 0) is 24.3 Å². The van der Waals surface area contributed by atoms with Crippen LogP contribution in [0.1, 0.15) is 21.5 Å². The van der Waals surface area contributed by atoms with E-state index in [0.29, 0.717) is 11.3 Å². The fourth-order valence-electron chi connectivity index (χ4n) is 1.92. The molecular weight excluding hydrogens is 309 g/mol. The summed E-state index contributed by atoms with van der Waals surface area (Å²) in [5, 5.41) is 3.68. The van der Waals surface area contributed by atoms with Crippen molar-refractivity contribution in [2.75, 3.05) is 7.11 Å². The summed E-state index contributed by atoms with van der Waals surface area (Å²) in [6.07, 6.45) is -3.31. The molecule has 23 heavy (non-hydrogen) atoms. The van der Waals surface area contributed by atoms with Gasteiger partial charge in [0.25, 0.3) is 5.91 Å². The molecule has 1 amide bonds. The maximum absolute atomic E-state index is 12.9. The van der Waals surface area contributed by atoms with Gasteiger partial charge in [-0.15, -0.1) is 0 Å². The van der Waals surface area contributed by atoms with Crippen LogP contribution < -0.4 is 10.2 Å². The highest BCUT2D eigenvalue weighted by atomic mass is 19.4. The zero-order valence-electron chi connectivity index (χ0n) is 12.1. The van der Waals surface area contributed by atoms with E-state index in [4.69, 9.17) is 4.74 Å². The van der Waals surface area contributed by atoms with Crippen molar-refractivity contribution in [3.8, 4) is 5.75 Å². The molecule has 0 aliphatic rings. The summed E-state index contributed by atoms with van der Waals surface area (Å²) in [6, 6.07) is 11.4. The van der Waals surface area contributed by atoms with Crippen molar-refractivity contribution in [2.24, 2.45) is 5.10 Å². The number of hydrogen-bond acceptors (Lipinski definition) is 3. The number of methoxy groups -OCH3 is 1. The average molecular weight is 322 g/mol. The Morgan fingerprint density at radius 1 is 1.13 bits per heavy atom. The molecular formula is C16H13F3N2O2. The second-order valence-corrected chi connectivity index (χ2v) is 4.48. The highest BCUT2D eigenvalue weighted by Crippen LogP contribution is 2.31. The maximum atomic E-state index is 12.9. The molecule has 0 bridgehead atoms. The zero-order chi connectivity index (χ0) is 16.9. The first-order valence-corrected chi connectivity index (χ1v) is 6.56. The van der Waals surface area contributed by atoms with E-state index < -0.39 is 23.2 Å². The number of carbonyl (C=O) groups excluding carboxylic acids is 1. The maximum Gasteiger partial charge on any atom is 0.417 e. The van der Waals surface area contributed by atoms with E-state index in [1.807, 2.05) is 0 Å². The summed E-state index contributed by atoms with van der Waals surface area (Å²) < 4.78 is 43.7. The summed E-state index contributed by atoms with van der Waals surface area (Å²) in [5.41, 5.74) is 1.17. The van der Waals surface area contributed by atoms with Gasteiger partial charge < -0.3 is 4.74 Å². The van der Waals surface area contributed by atoms with Crippen LogP contribution in [0.4, 0.5) is 13.2 Å². The van der Waals surface area contributed by atoms with Crippen molar-refractivity contribution in [1.29, 1.82) is 0 Å². The van der Waals surface area contributed by atoms with Crippen LogP contribution in [0.2, 0.25) is 0 Å². The highest BCUT2D eigenvalue weighted by molar-refractivity contribution is 5.96. The van der Waals surface area contributed by atoms with E-state index in [1.54, 1.807) is 24.3 Å². The molecule has 0 atom stereocenters. The van der Waals surface area contributed by atoms with Crippen molar-refractivity contribution in [2.45, 2.75) is 6.18 Å². The van der Waals surface area contributed by atoms with Crippen LogP contribution in [-0.4, -0.2) is 19.2 Å². The lowest BCUT2D eigenvalue weighted by molar-refractivity contribution is -0.137. The van der Waals surface area contributed by atoms with Crippen LogP contribution in [0.3, 0.4) is 0 Å². The number of alkyl halides is 3. The predicted octanol–water partition coefficient (Wildman–Crippen LogP) is 3.48. The van der Waals surface area contributed by atoms with Crippen LogP contribution >= 0.6 is 0 Å². The lowest BCUT2D eigenvalue weighted by atomic mass is 10.1. The Kier molecular flexibility index (Phi) is 5.00. The topological polar surface area (TPSA) is 50.7 Å². The minimum absolute atomic E-state index is 0.489. The van der Waals surface area contributed by atoms with Gasteiger partial charge in [0.1, 0.15) is 5.75 Å². The van der Waals surface area contributed by atoms with Crippen LogP contribution in [0.25, 0.3) is 0 Å². The molecule has 0 heterocycles. The lowest BCUT2D eigenvalue weighted by Crippen LogP contribution is -2.22. The predicted molar refractivity (Wildman–Crippen MR) is 79.5 cm³/mol. The quantitative estimate of drug-likeness (QED) is 0.692. The van der Waals surface area contributed by atoms with E-state index in [2.05, 4.69) is 10.5 Å². The Bertz CT molecular complexity index is 727. The number of para-hydroxylation sites is 1. The normalized spacial score (nSPS) is 11.5. The highest BCUT2D eigenvalue weighted by Gasteiger charge is 2.34. The van der Waals surface area contributed by atoms with Gasteiger partial charge in [0.2, 0.25) is 0 Å². The summed E-state index contributed by atoms with van der Waals surface area (Å²) in [7, 11) is 1.48. The van der Waals surface area contributed by atoms with E-state index in [-0.39, 0.29) is 0 Å². The Morgan fingerprint density at radius 3 is 2.48 bits per heavy atom. The van der Waals surface area contributed by atoms with Crippen LogP contribution in [0.5, 0.6) is 5.75 Å². The number of carbonyl (C=O) groups is 1. The van der Waals surface area contributed by atoms with Gasteiger partial charge in [0.15, 0.2) is 0 Å². The van der Waals surface area contributed by atoms with Gasteiger partial charge in [-0.2, -0.15) is 18.3 Å². The molecule has 0 aliphatic heterocycles. The SMILES string of the molecule is COc1ccccc1/C=N/NC(=O)c1ccccc1C(F)(F)F. The van der Waals surface area contributed by atoms with Gasteiger partial charge in [-0.25, -0.2) is 5.43 Å². The molecule has 0 aromatic heterocycles. The average Bonchev–Trinajstić information content (AvgIpc) is 2.54.